The van der Waals surface area contributed by atoms with Crippen LogP contribution in [0.4, 0.5) is 0 Å². The molecule has 4 nitrogen and oxygen atoms in total. The highest BCUT2D eigenvalue weighted by atomic mass is 35.5. The first kappa shape index (κ1) is 10.5. The van der Waals surface area contributed by atoms with E-state index in [0.29, 0.717) is 16.5 Å². The Morgan fingerprint density at radius 1 is 1.44 bits per heavy atom. The average molecular weight is 234 g/mol. The predicted molar refractivity (Wildman–Crippen MR) is 59.8 cm³/mol. The lowest BCUT2D eigenvalue weighted by atomic mass is 10.3. The van der Waals surface area contributed by atoms with Crippen molar-refractivity contribution in [3.8, 4) is 17.5 Å². The lowest BCUT2D eigenvalue weighted by molar-refractivity contribution is 0.415. The summed E-state index contributed by atoms with van der Waals surface area (Å²) in [6.07, 6.45) is 1.71. The topological polar surface area (TPSA) is 50.8 Å². The van der Waals surface area contributed by atoms with Crippen LogP contribution in [0.15, 0.2) is 30.5 Å². The molecule has 0 amide bonds. The summed E-state index contributed by atoms with van der Waals surface area (Å²) in [4.78, 5) is 0. The molecule has 5 heteroatoms. The highest BCUT2D eigenvalue weighted by Crippen LogP contribution is 2.26. The molecule has 1 aromatic heterocycles. The number of methoxy groups -OCH3 is 1. The van der Waals surface area contributed by atoms with Crippen LogP contribution in [0.2, 0.25) is 5.02 Å². The fourth-order valence-electron chi connectivity index (χ4n) is 1.33. The third kappa shape index (κ3) is 1.86. The summed E-state index contributed by atoms with van der Waals surface area (Å²) in [7, 11) is 1.56. The Balaban J connectivity index is 2.42. The van der Waals surface area contributed by atoms with Gasteiger partial charge in [0.2, 0.25) is 0 Å². The molecule has 0 unspecified atom stereocenters. The van der Waals surface area contributed by atoms with Crippen molar-refractivity contribution < 1.29 is 4.74 Å². The molecular formula is C11H8ClN3O. The second-order valence-electron chi connectivity index (χ2n) is 3.08. The summed E-state index contributed by atoms with van der Waals surface area (Å²) in [5.74, 6) is 0.609. The molecule has 0 aliphatic heterocycles. The molecule has 0 saturated carbocycles. The number of aromatic nitrogens is 2. The minimum absolute atomic E-state index is 0.368. The standard InChI is InChI=1S/C11H8ClN3O/c1-16-11-3-2-9(6-10(11)12)15-5-4-8(7-13)14-15/h2-6H,1H3. The van der Waals surface area contributed by atoms with Crippen LogP contribution in [0.1, 0.15) is 5.69 Å². The van der Waals surface area contributed by atoms with Gasteiger partial charge in [-0.05, 0) is 24.3 Å². The van der Waals surface area contributed by atoms with Gasteiger partial charge in [0.25, 0.3) is 0 Å². The Bertz CT molecular complexity index is 557. The smallest absolute Gasteiger partial charge is 0.162 e. The average Bonchev–Trinajstić information content (AvgIpc) is 2.77. The van der Waals surface area contributed by atoms with Crippen LogP contribution in [0.5, 0.6) is 5.75 Å². The van der Waals surface area contributed by atoms with Crippen LogP contribution in [-0.2, 0) is 0 Å². The van der Waals surface area contributed by atoms with Gasteiger partial charge in [0, 0.05) is 6.20 Å². The zero-order chi connectivity index (χ0) is 11.5. The van der Waals surface area contributed by atoms with Crippen LogP contribution in [0.3, 0.4) is 0 Å². The molecule has 0 fully saturated rings. The third-order valence-corrected chi connectivity index (χ3v) is 2.40. The number of benzene rings is 1. The van der Waals surface area contributed by atoms with Crippen LogP contribution in [-0.4, -0.2) is 16.9 Å². The minimum Gasteiger partial charge on any atom is -0.495 e. The second kappa shape index (κ2) is 4.25. The van der Waals surface area contributed by atoms with Crippen LogP contribution in [0, 0.1) is 11.3 Å². The Kier molecular flexibility index (Phi) is 2.80. The lowest BCUT2D eigenvalue weighted by Gasteiger charge is -2.05. The maximum atomic E-state index is 8.66. The summed E-state index contributed by atoms with van der Waals surface area (Å²) < 4.78 is 6.64. The van der Waals surface area contributed by atoms with Gasteiger partial charge in [-0.1, -0.05) is 11.6 Å². The molecule has 1 heterocycles. The van der Waals surface area contributed by atoms with Gasteiger partial charge in [0.15, 0.2) is 5.69 Å². The van der Waals surface area contributed by atoms with E-state index in [2.05, 4.69) is 5.10 Å². The first-order chi connectivity index (χ1) is 7.74. The monoisotopic (exact) mass is 233 g/mol. The molecule has 16 heavy (non-hydrogen) atoms. The van der Waals surface area contributed by atoms with E-state index in [9.17, 15) is 0 Å². The maximum Gasteiger partial charge on any atom is 0.162 e. The van der Waals surface area contributed by atoms with E-state index < -0.39 is 0 Å². The fourth-order valence-corrected chi connectivity index (χ4v) is 1.58. The molecule has 0 saturated heterocycles. The van der Waals surface area contributed by atoms with Crippen molar-refractivity contribution >= 4 is 11.6 Å². The zero-order valence-electron chi connectivity index (χ0n) is 8.51. The van der Waals surface area contributed by atoms with E-state index in [1.807, 2.05) is 12.1 Å². The maximum absolute atomic E-state index is 8.66. The molecular weight excluding hydrogens is 226 g/mol. The molecule has 0 radical (unpaired) electrons. The first-order valence-electron chi connectivity index (χ1n) is 4.54. The van der Waals surface area contributed by atoms with Crippen LogP contribution in [0.25, 0.3) is 5.69 Å². The van der Waals surface area contributed by atoms with Crippen molar-refractivity contribution in [1.29, 1.82) is 5.26 Å². The lowest BCUT2D eigenvalue weighted by Crippen LogP contribution is -1.95. The molecule has 0 spiro atoms. The van der Waals surface area contributed by atoms with Crippen molar-refractivity contribution in [3.05, 3.63) is 41.2 Å². The fraction of sp³-hybridized carbons (Fsp3) is 0.0909. The molecule has 0 atom stereocenters. The SMILES string of the molecule is COc1ccc(-n2ccc(C#N)n2)cc1Cl. The van der Waals surface area contributed by atoms with E-state index in [-0.39, 0.29) is 0 Å². The van der Waals surface area contributed by atoms with E-state index in [4.69, 9.17) is 21.6 Å². The number of halogens is 1. The van der Waals surface area contributed by atoms with E-state index in [0.717, 1.165) is 5.69 Å². The normalized spacial score (nSPS) is 9.81. The first-order valence-corrected chi connectivity index (χ1v) is 4.92. The van der Waals surface area contributed by atoms with Gasteiger partial charge in [-0.25, -0.2) is 4.68 Å². The van der Waals surface area contributed by atoms with Crippen molar-refractivity contribution in [2.24, 2.45) is 0 Å². The summed E-state index contributed by atoms with van der Waals surface area (Å²) in [6, 6.07) is 8.91. The Morgan fingerprint density at radius 3 is 2.81 bits per heavy atom. The second-order valence-corrected chi connectivity index (χ2v) is 3.48. The highest BCUT2D eigenvalue weighted by Gasteiger charge is 2.04. The zero-order valence-corrected chi connectivity index (χ0v) is 9.27. The van der Waals surface area contributed by atoms with Gasteiger partial charge in [-0.3, -0.25) is 0 Å². The van der Waals surface area contributed by atoms with Crippen LogP contribution < -0.4 is 4.74 Å². The largest absolute Gasteiger partial charge is 0.495 e. The molecule has 80 valence electrons. The van der Waals surface area contributed by atoms with Gasteiger partial charge < -0.3 is 4.74 Å². The van der Waals surface area contributed by atoms with E-state index >= 15 is 0 Å². The number of nitrogens with zero attached hydrogens (tertiary/aromatic N) is 3. The van der Waals surface area contributed by atoms with Gasteiger partial charge in [-0.2, -0.15) is 10.4 Å². The molecule has 0 aliphatic rings. The van der Waals surface area contributed by atoms with Crippen LogP contribution >= 0.6 is 11.6 Å². The Morgan fingerprint density at radius 2 is 2.25 bits per heavy atom. The van der Waals surface area contributed by atoms with Crippen molar-refractivity contribution in [2.75, 3.05) is 7.11 Å². The molecule has 2 rings (SSSR count). The molecule has 0 N–H and O–H groups in total. The minimum atomic E-state index is 0.368. The van der Waals surface area contributed by atoms with Gasteiger partial charge in [0.05, 0.1) is 17.8 Å². The van der Waals surface area contributed by atoms with Crippen molar-refractivity contribution in [2.45, 2.75) is 0 Å². The predicted octanol–water partition coefficient (Wildman–Crippen LogP) is 2.41. The Labute approximate surface area is 97.6 Å². The van der Waals surface area contributed by atoms with Gasteiger partial charge in [-0.15, -0.1) is 0 Å². The van der Waals surface area contributed by atoms with E-state index in [1.165, 1.54) is 0 Å². The molecule has 2 aromatic rings. The quantitative estimate of drug-likeness (QED) is 0.800. The number of hydrogen-bond donors (Lipinski definition) is 0. The number of nitriles is 1. The highest BCUT2D eigenvalue weighted by molar-refractivity contribution is 6.32. The summed E-state index contributed by atoms with van der Waals surface area (Å²) >= 11 is 5.99. The van der Waals surface area contributed by atoms with Gasteiger partial charge >= 0.3 is 0 Å². The number of rotatable bonds is 2. The van der Waals surface area contributed by atoms with Gasteiger partial charge in [0.1, 0.15) is 11.8 Å². The molecule has 0 bridgehead atoms. The summed E-state index contributed by atoms with van der Waals surface area (Å²) in [5, 5.41) is 13.2. The van der Waals surface area contributed by atoms with Crippen molar-refractivity contribution in [3.63, 3.8) is 0 Å². The molecule has 1 aromatic carbocycles. The van der Waals surface area contributed by atoms with E-state index in [1.54, 1.807) is 36.2 Å². The molecule has 0 aliphatic carbocycles. The third-order valence-electron chi connectivity index (χ3n) is 2.10. The Hall–Kier alpha value is -1.99. The number of hydrogen-bond acceptors (Lipinski definition) is 3. The van der Waals surface area contributed by atoms with Crippen molar-refractivity contribution in [1.82, 2.24) is 9.78 Å². The number of ether oxygens (including phenoxy) is 1. The summed E-state index contributed by atoms with van der Waals surface area (Å²) in [6.45, 7) is 0. The summed E-state index contributed by atoms with van der Waals surface area (Å²) in [5.41, 5.74) is 1.15.